The highest BCUT2D eigenvalue weighted by atomic mass is 16.4. The van der Waals surface area contributed by atoms with Crippen LogP contribution in [0.1, 0.15) is 16.8 Å². The molecule has 98 valence electrons. The molecule has 0 aromatic carbocycles. The van der Waals surface area contributed by atoms with E-state index in [1.807, 2.05) is 0 Å². The van der Waals surface area contributed by atoms with Gasteiger partial charge in [0.1, 0.15) is 5.56 Å². The van der Waals surface area contributed by atoms with Crippen molar-refractivity contribution in [1.82, 2.24) is 4.98 Å². The second kappa shape index (κ2) is 5.36. The number of carboxylic acids is 1. The largest absolute Gasteiger partial charge is 0.478 e. The molecule has 1 aromatic rings. The highest BCUT2D eigenvalue weighted by molar-refractivity contribution is 6.02. The minimum Gasteiger partial charge on any atom is -0.478 e. The fraction of sp³-hybridized carbons (Fsp3) is 0.364. The summed E-state index contributed by atoms with van der Waals surface area (Å²) in [7, 11) is 0. The molecule has 19 heavy (non-hydrogen) atoms. The molecule has 8 heteroatoms. The maximum atomic E-state index is 11.9. The first-order chi connectivity index (χ1) is 9.13. The van der Waals surface area contributed by atoms with E-state index >= 15 is 0 Å². The first-order valence-electron chi connectivity index (χ1n) is 5.62. The van der Waals surface area contributed by atoms with Crippen LogP contribution < -0.4 is 4.90 Å². The molecule has 1 unspecified atom stereocenters. The van der Waals surface area contributed by atoms with E-state index in [2.05, 4.69) is 15.0 Å². The van der Waals surface area contributed by atoms with Gasteiger partial charge in [0.05, 0.1) is 5.69 Å². The van der Waals surface area contributed by atoms with Crippen LogP contribution >= 0.6 is 0 Å². The number of carbonyl (C=O) groups excluding carboxylic acids is 1. The summed E-state index contributed by atoms with van der Waals surface area (Å²) < 4.78 is 0. The van der Waals surface area contributed by atoms with Crippen LogP contribution in [0.2, 0.25) is 0 Å². The number of hydrogen-bond acceptors (Lipinski definition) is 4. The fourth-order valence-electron chi connectivity index (χ4n) is 2.08. The Hall–Kier alpha value is -2.60. The fourth-order valence-corrected chi connectivity index (χ4v) is 2.08. The maximum absolute atomic E-state index is 11.9. The highest BCUT2D eigenvalue weighted by Crippen LogP contribution is 2.27. The zero-order valence-electron chi connectivity index (χ0n) is 9.93. The third kappa shape index (κ3) is 2.63. The Kier molecular flexibility index (Phi) is 3.63. The summed E-state index contributed by atoms with van der Waals surface area (Å²) in [6, 6.07) is 1.50. The SMILES string of the molecule is [N-]=[N+]=NCC1CC(=O)N(c2ccncc2C(=O)O)C1. The van der Waals surface area contributed by atoms with Crippen LogP contribution in [0, 0.1) is 5.92 Å². The second-order valence-electron chi connectivity index (χ2n) is 4.19. The topological polar surface area (TPSA) is 119 Å². The molecule has 0 saturated carbocycles. The van der Waals surface area contributed by atoms with E-state index in [1.165, 1.54) is 23.4 Å². The number of rotatable bonds is 4. The van der Waals surface area contributed by atoms with Gasteiger partial charge >= 0.3 is 5.97 Å². The molecule has 8 nitrogen and oxygen atoms in total. The molecule has 0 aliphatic carbocycles. The number of azide groups is 1. The summed E-state index contributed by atoms with van der Waals surface area (Å²) in [5.41, 5.74) is 8.58. The molecule has 1 aromatic heterocycles. The minimum absolute atomic E-state index is 0.0136. The van der Waals surface area contributed by atoms with E-state index in [-0.39, 0.29) is 30.4 Å². The van der Waals surface area contributed by atoms with Crippen LogP contribution in [0.3, 0.4) is 0 Å². The number of pyridine rings is 1. The van der Waals surface area contributed by atoms with Gasteiger partial charge in [0.25, 0.3) is 0 Å². The van der Waals surface area contributed by atoms with Crippen LogP contribution in [0.5, 0.6) is 0 Å². The van der Waals surface area contributed by atoms with Gasteiger partial charge < -0.3 is 10.0 Å². The van der Waals surface area contributed by atoms with Crippen molar-refractivity contribution in [2.45, 2.75) is 6.42 Å². The number of aromatic carboxylic acids is 1. The van der Waals surface area contributed by atoms with Crippen molar-refractivity contribution in [3.8, 4) is 0 Å². The number of anilines is 1. The molecule has 2 heterocycles. The molecule has 1 fully saturated rings. The summed E-state index contributed by atoms with van der Waals surface area (Å²) in [6.45, 7) is 0.578. The van der Waals surface area contributed by atoms with E-state index in [0.29, 0.717) is 12.2 Å². The van der Waals surface area contributed by atoms with Gasteiger partial charge in [0, 0.05) is 36.8 Å². The van der Waals surface area contributed by atoms with Gasteiger partial charge in [-0.25, -0.2) is 4.79 Å². The Morgan fingerprint density at radius 2 is 2.47 bits per heavy atom. The first kappa shape index (κ1) is 12.8. The van der Waals surface area contributed by atoms with Crippen molar-refractivity contribution in [2.24, 2.45) is 11.0 Å². The van der Waals surface area contributed by atoms with E-state index in [1.54, 1.807) is 0 Å². The molecule has 0 spiro atoms. The summed E-state index contributed by atoms with van der Waals surface area (Å²) in [4.78, 5) is 30.8. The van der Waals surface area contributed by atoms with Gasteiger partial charge in [-0.2, -0.15) is 0 Å². The van der Waals surface area contributed by atoms with Gasteiger partial charge in [0.2, 0.25) is 5.91 Å². The average molecular weight is 261 g/mol. The van der Waals surface area contributed by atoms with Crippen LogP contribution in [0.4, 0.5) is 5.69 Å². The summed E-state index contributed by atoms with van der Waals surface area (Å²) in [6.07, 6.45) is 2.90. The number of nitrogens with zero attached hydrogens (tertiary/aromatic N) is 5. The standard InChI is InChI=1S/C11H11N5O3/c12-15-14-4-7-3-10(17)16(6-7)9-1-2-13-5-8(9)11(18)19/h1-2,5,7H,3-4,6H2,(H,18,19). The lowest BCUT2D eigenvalue weighted by Crippen LogP contribution is -2.26. The average Bonchev–Trinajstić information content (AvgIpc) is 2.77. The van der Waals surface area contributed by atoms with Crippen molar-refractivity contribution < 1.29 is 14.7 Å². The van der Waals surface area contributed by atoms with Gasteiger partial charge in [-0.05, 0) is 17.5 Å². The Morgan fingerprint density at radius 3 is 3.16 bits per heavy atom. The van der Waals surface area contributed by atoms with E-state index in [9.17, 15) is 9.59 Å². The minimum atomic E-state index is -1.13. The van der Waals surface area contributed by atoms with Gasteiger partial charge in [-0.3, -0.25) is 9.78 Å². The van der Waals surface area contributed by atoms with E-state index in [4.69, 9.17) is 10.6 Å². The lowest BCUT2D eigenvalue weighted by molar-refractivity contribution is -0.117. The van der Waals surface area contributed by atoms with Crippen molar-refractivity contribution >= 4 is 17.6 Å². The Labute approximate surface area is 108 Å². The number of hydrogen-bond donors (Lipinski definition) is 1. The van der Waals surface area contributed by atoms with Gasteiger partial charge in [-0.1, -0.05) is 5.11 Å². The molecule has 1 aliphatic heterocycles. The Morgan fingerprint density at radius 1 is 1.68 bits per heavy atom. The van der Waals surface area contributed by atoms with Gasteiger partial charge in [-0.15, -0.1) is 0 Å². The lowest BCUT2D eigenvalue weighted by Gasteiger charge is -2.18. The number of amides is 1. The third-order valence-corrected chi connectivity index (χ3v) is 2.93. The van der Waals surface area contributed by atoms with Crippen LogP contribution in [-0.2, 0) is 4.79 Å². The molecular weight excluding hydrogens is 250 g/mol. The first-order valence-corrected chi connectivity index (χ1v) is 5.62. The molecule has 1 aliphatic rings. The van der Waals surface area contributed by atoms with E-state index in [0.717, 1.165) is 0 Å². The van der Waals surface area contributed by atoms with Crippen molar-refractivity contribution in [3.05, 3.63) is 34.5 Å². The summed E-state index contributed by atoms with van der Waals surface area (Å²) in [5, 5.41) is 12.5. The zero-order chi connectivity index (χ0) is 13.8. The van der Waals surface area contributed by atoms with Gasteiger partial charge in [0.15, 0.2) is 0 Å². The molecule has 2 rings (SSSR count). The Balaban J connectivity index is 2.25. The van der Waals surface area contributed by atoms with Crippen molar-refractivity contribution in [3.63, 3.8) is 0 Å². The van der Waals surface area contributed by atoms with E-state index < -0.39 is 5.97 Å². The van der Waals surface area contributed by atoms with Crippen molar-refractivity contribution in [1.29, 1.82) is 0 Å². The predicted octanol–water partition coefficient (Wildman–Crippen LogP) is 1.44. The monoisotopic (exact) mass is 261 g/mol. The summed E-state index contributed by atoms with van der Waals surface area (Å²) >= 11 is 0. The molecule has 0 radical (unpaired) electrons. The smallest absolute Gasteiger partial charge is 0.339 e. The quantitative estimate of drug-likeness (QED) is 0.501. The predicted molar refractivity (Wildman–Crippen MR) is 65.7 cm³/mol. The number of aromatic nitrogens is 1. The number of carboxylic acid groups (broad SMARTS) is 1. The lowest BCUT2D eigenvalue weighted by atomic mass is 10.1. The Bertz CT molecular complexity index is 567. The normalized spacial score (nSPS) is 18.2. The molecule has 1 atom stereocenters. The van der Waals surface area contributed by atoms with Crippen LogP contribution in [0.25, 0.3) is 10.4 Å². The third-order valence-electron chi connectivity index (χ3n) is 2.93. The molecule has 1 N–H and O–H groups in total. The number of carbonyl (C=O) groups is 2. The molecule has 0 bridgehead atoms. The molecule has 1 amide bonds. The maximum Gasteiger partial charge on any atom is 0.339 e. The molecule has 1 saturated heterocycles. The van der Waals surface area contributed by atoms with Crippen LogP contribution in [-0.4, -0.2) is 35.1 Å². The van der Waals surface area contributed by atoms with Crippen molar-refractivity contribution in [2.75, 3.05) is 18.0 Å². The highest BCUT2D eigenvalue weighted by Gasteiger charge is 2.32. The summed E-state index contributed by atoms with van der Waals surface area (Å²) in [5.74, 6) is -1.39. The van der Waals surface area contributed by atoms with Crippen LogP contribution in [0.15, 0.2) is 23.6 Å². The zero-order valence-corrected chi connectivity index (χ0v) is 9.93. The second-order valence-corrected chi connectivity index (χ2v) is 4.19. The molecular formula is C11H11N5O3.